The molecule has 2 heterocycles. The van der Waals surface area contributed by atoms with Gasteiger partial charge >= 0.3 is 12.1 Å². The van der Waals surface area contributed by atoms with Crippen LogP contribution in [0.25, 0.3) is 11.1 Å². The number of fused-ring (bicyclic) bond motifs is 3. The summed E-state index contributed by atoms with van der Waals surface area (Å²) in [6.45, 7) is 4.05. The van der Waals surface area contributed by atoms with Gasteiger partial charge in [0.2, 0.25) is 5.76 Å². The molecule has 5 rings (SSSR count). The number of ether oxygens (including phenoxy) is 1. The molecule has 0 saturated carbocycles. The average Bonchev–Trinajstić information content (AvgIpc) is 3.51. The Labute approximate surface area is 202 Å². The van der Waals surface area contributed by atoms with E-state index in [-0.39, 0.29) is 30.5 Å². The van der Waals surface area contributed by atoms with Crippen LogP contribution >= 0.6 is 0 Å². The number of aliphatic carboxylic acids is 1. The lowest BCUT2D eigenvalue weighted by atomic mass is 9.85. The predicted octanol–water partition coefficient (Wildman–Crippen LogP) is 4.97. The van der Waals surface area contributed by atoms with Gasteiger partial charge in [0.1, 0.15) is 12.6 Å². The van der Waals surface area contributed by atoms with Crippen molar-refractivity contribution < 1.29 is 28.6 Å². The summed E-state index contributed by atoms with van der Waals surface area (Å²) in [7, 11) is 0. The van der Waals surface area contributed by atoms with E-state index in [0.29, 0.717) is 6.42 Å². The minimum Gasteiger partial charge on any atom is -0.480 e. The van der Waals surface area contributed by atoms with Crippen LogP contribution in [-0.4, -0.2) is 47.2 Å². The first-order valence-corrected chi connectivity index (χ1v) is 11.5. The number of anilines is 1. The number of carbonyl (C=O) groups excluding carboxylic acids is 2. The van der Waals surface area contributed by atoms with Crippen LogP contribution in [0.15, 0.2) is 65.3 Å². The molecule has 2 amide bonds. The second-order valence-electron chi connectivity index (χ2n) is 9.59. The average molecular weight is 475 g/mol. The zero-order chi connectivity index (χ0) is 24.7. The van der Waals surface area contributed by atoms with Crippen LogP contribution < -0.4 is 5.32 Å². The molecule has 180 valence electrons. The van der Waals surface area contributed by atoms with Crippen LogP contribution in [0.4, 0.5) is 10.5 Å². The van der Waals surface area contributed by atoms with Gasteiger partial charge < -0.3 is 19.2 Å². The number of amides is 2. The number of carbonyl (C=O) groups is 3. The van der Waals surface area contributed by atoms with Gasteiger partial charge in [-0.15, -0.1) is 0 Å². The molecule has 1 aromatic heterocycles. The Morgan fingerprint density at radius 1 is 1.06 bits per heavy atom. The molecule has 0 bridgehead atoms. The molecule has 0 spiro atoms. The minimum atomic E-state index is -1.07. The molecule has 2 N–H and O–H groups in total. The summed E-state index contributed by atoms with van der Waals surface area (Å²) >= 11 is 0. The van der Waals surface area contributed by atoms with Gasteiger partial charge in [0.25, 0.3) is 5.91 Å². The van der Waals surface area contributed by atoms with Gasteiger partial charge in [0, 0.05) is 18.5 Å². The van der Waals surface area contributed by atoms with E-state index >= 15 is 0 Å². The summed E-state index contributed by atoms with van der Waals surface area (Å²) in [5.41, 5.74) is 4.01. The minimum absolute atomic E-state index is 0.0956. The highest BCUT2D eigenvalue weighted by molar-refractivity contribution is 6.02. The van der Waals surface area contributed by atoms with Crippen LogP contribution in [-0.2, 0) is 9.53 Å². The van der Waals surface area contributed by atoms with Crippen LogP contribution in [0.5, 0.6) is 0 Å². The quantitative estimate of drug-likeness (QED) is 0.541. The van der Waals surface area contributed by atoms with Crippen molar-refractivity contribution in [2.45, 2.75) is 32.2 Å². The number of carboxylic acid groups (broad SMARTS) is 1. The number of likely N-dealkylation sites (tertiary alicyclic amines) is 1. The van der Waals surface area contributed by atoms with E-state index < -0.39 is 29.4 Å². The maximum absolute atomic E-state index is 13.1. The zero-order valence-electron chi connectivity index (χ0n) is 19.5. The summed E-state index contributed by atoms with van der Waals surface area (Å²) in [4.78, 5) is 38.9. The molecule has 1 aliphatic heterocycles. The zero-order valence-corrected chi connectivity index (χ0v) is 19.5. The van der Waals surface area contributed by atoms with E-state index in [1.54, 1.807) is 0 Å². The number of benzene rings is 2. The molecule has 1 unspecified atom stereocenters. The molecule has 1 atom stereocenters. The van der Waals surface area contributed by atoms with Crippen LogP contribution in [0.2, 0.25) is 0 Å². The van der Waals surface area contributed by atoms with Gasteiger partial charge in [0.15, 0.2) is 0 Å². The van der Waals surface area contributed by atoms with Crippen LogP contribution in [0, 0.1) is 5.41 Å². The van der Waals surface area contributed by atoms with E-state index in [1.807, 2.05) is 50.2 Å². The Morgan fingerprint density at radius 2 is 1.69 bits per heavy atom. The van der Waals surface area contributed by atoms with Gasteiger partial charge in [-0.25, -0.2) is 9.59 Å². The third kappa shape index (κ3) is 3.95. The van der Waals surface area contributed by atoms with Crippen molar-refractivity contribution in [2.24, 2.45) is 5.41 Å². The number of rotatable bonds is 5. The smallest absolute Gasteiger partial charge is 0.411 e. The lowest BCUT2D eigenvalue weighted by molar-refractivity contribution is -0.144. The summed E-state index contributed by atoms with van der Waals surface area (Å²) in [5, 5.41) is 12.3. The van der Waals surface area contributed by atoms with Gasteiger partial charge in [-0.1, -0.05) is 62.4 Å². The van der Waals surface area contributed by atoms with Gasteiger partial charge in [-0.3, -0.25) is 10.1 Å². The third-order valence-corrected chi connectivity index (χ3v) is 6.98. The molecular weight excluding hydrogens is 448 g/mol. The van der Waals surface area contributed by atoms with Crippen molar-refractivity contribution in [3.8, 4) is 11.1 Å². The Hall–Kier alpha value is -4.07. The number of hydrogen-bond donors (Lipinski definition) is 2. The molecular formula is C27H26N2O6. The Bertz CT molecular complexity index is 1260. The predicted molar refractivity (Wildman–Crippen MR) is 128 cm³/mol. The van der Waals surface area contributed by atoms with Crippen molar-refractivity contribution in [1.82, 2.24) is 4.90 Å². The maximum Gasteiger partial charge on any atom is 0.411 e. The topological polar surface area (TPSA) is 109 Å². The standard InChI is InChI=1S/C27H26N2O6/c1-27(2)12-13-29(23(27)25(31)32)24(30)22-21(11-14-34-22)28-26(33)35-15-20-18-9-5-3-7-16(18)17-8-4-6-10-19(17)20/h3-11,14,20,23H,12-13,15H2,1-2H3,(H,28,33)(H,31,32). The maximum atomic E-state index is 13.1. The van der Waals surface area contributed by atoms with E-state index in [0.717, 1.165) is 22.3 Å². The monoisotopic (exact) mass is 474 g/mol. The molecule has 3 aromatic rings. The van der Waals surface area contributed by atoms with Gasteiger partial charge in [0.05, 0.1) is 12.0 Å². The van der Waals surface area contributed by atoms with Gasteiger partial charge in [-0.2, -0.15) is 0 Å². The number of nitrogens with one attached hydrogen (secondary N) is 1. The fourth-order valence-corrected chi connectivity index (χ4v) is 5.23. The van der Waals surface area contributed by atoms with E-state index in [1.165, 1.54) is 17.2 Å². The van der Waals surface area contributed by atoms with Crippen LogP contribution in [0.1, 0.15) is 47.9 Å². The number of furan rings is 1. The highest BCUT2D eigenvalue weighted by atomic mass is 16.5. The first kappa shape index (κ1) is 22.7. The molecule has 8 nitrogen and oxygen atoms in total. The van der Waals surface area contributed by atoms with Crippen molar-refractivity contribution in [3.63, 3.8) is 0 Å². The van der Waals surface area contributed by atoms with Crippen molar-refractivity contribution in [1.29, 1.82) is 0 Å². The molecule has 0 radical (unpaired) electrons. The molecule has 35 heavy (non-hydrogen) atoms. The second kappa shape index (κ2) is 8.61. The Morgan fingerprint density at radius 3 is 2.31 bits per heavy atom. The van der Waals surface area contributed by atoms with Gasteiger partial charge in [-0.05, 0) is 34.1 Å². The number of carboxylic acids is 1. The molecule has 1 fully saturated rings. The number of nitrogens with zero attached hydrogens (tertiary/aromatic N) is 1. The Kier molecular flexibility index (Phi) is 5.59. The fourth-order valence-electron chi connectivity index (χ4n) is 5.23. The van der Waals surface area contributed by atoms with Crippen molar-refractivity contribution in [3.05, 3.63) is 77.7 Å². The number of hydrogen-bond acceptors (Lipinski definition) is 5. The largest absolute Gasteiger partial charge is 0.480 e. The van der Waals surface area contributed by atoms with Crippen molar-refractivity contribution in [2.75, 3.05) is 18.5 Å². The Balaban J connectivity index is 1.29. The fraction of sp³-hybridized carbons (Fsp3) is 0.296. The molecule has 2 aliphatic rings. The normalized spacial score (nSPS) is 18.1. The van der Waals surface area contributed by atoms with Crippen molar-refractivity contribution >= 4 is 23.7 Å². The summed E-state index contributed by atoms with van der Waals surface area (Å²) in [6.07, 6.45) is 1.10. The lowest BCUT2D eigenvalue weighted by Crippen LogP contribution is -2.46. The second-order valence-corrected chi connectivity index (χ2v) is 9.59. The SMILES string of the molecule is CC1(C)CCN(C(=O)c2occc2NC(=O)OCC2c3ccccc3-c3ccccc32)C1C(=O)O. The summed E-state index contributed by atoms with van der Waals surface area (Å²) in [5.74, 6) is -1.87. The first-order chi connectivity index (χ1) is 16.8. The highest BCUT2D eigenvalue weighted by Gasteiger charge is 2.48. The first-order valence-electron chi connectivity index (χ1n) is 11.5. The van der Waals surface area contributed by atoms with Crippen LogP contribution in [0.3, 0.4) is 0 Å². The van der Waals surface area contributed by atoms with E-state index in [4.69, 9.17) is 9.15 Å². The highest BCUT2D eigenvalue weighted by Crippen LogP contribution is 2.44. The molecule has 1 aliphatic carbocycles. The third-order valence-electron chi connectivity index (χ3n) is 6.98. The summed E-state index contributed by atoms with van der Waals surface area (Å²) in [6, 6.07) is 16.5. The van der Waals surface area contributed by atoms with E-state index in [9.17, 15) is 19.5 Å². The molecule has 8 heteroatoms. The lowest BCUT2D eigenvalue weighted by Gasteiger charge is -2.28. The van der Waals surface area contributed by atoms with E-state index in [2.05, 4.69) is 17.4 Å². The molecule has 2 aromatic carbocycles. The molecule has 1 saturated heterocycles. The summed E-state index contributed by atoms with van der Waals surface area (Å²) < 4.78 is 10.9.